The zero-order chi connectivity index (χ0) is 42.5. The minimum absolute atomic E-state index is 0. The molecule has 13 nitrogen and oxygen atoms in total. The van der Waals surface area contributed by atoms with Crippen molar-refractivity contribution >= 4 is 29.4 Å². The van der Waals surface area contributed by atoms with Crippen LogP contribution in [0.3, 0.4) is 0 Å². The Balaban J connectivity index is 0. The smallest absolute Gasteiger partial charge is 0.260 e. The number of carbonyl (C=O) groups is 3. The molecule has 13 heteroatoms. The van der Waals surface area contributed by atoms with E-state index in [1.54, 1.807) is 17.3 Å². The van der Waals surface area contributed by atoms with E-state index in [4.69, 9.17) is 9.97 Å². The number of fused-ring (bicyclic) bond motifs is 1. The van der Waals surface area contributed by atoms with E-state index in [0.29, 0.717) is 61.3 Å². The summed E-state index contributed by atoms with van der Waals surface area (Å²) in [5.74, 6) is 1.84. The molecule has 0 fully saturated rings. The molecule has 0 spiro atoms. The largest absolute Gasteiger partial charge is 0.357 e. The zero-order valence-electron chi connectivity index (χ0n) is 36.9. The average Bonchev–Trinajstić information content (AvgIpc) is 3.80. The number of pyridine rings is 2. The van der Waals surface area contributed by atoms with Crippen LogP contribution in [0.2, 0.25) is 0 Å². The summed E-state index contributed by atoms with van der Waals surface area (Å²) >= 11 is 0. The number of hydrogen-bond acceptors (Lipinski definition) is 9. The molecule has 3 aromatic heterocycles. The summed E-state index contributed by atoms with van der Waals surface area (Å²) in [6, 6.07) is 7.78. The van der Waals surface area contributed by atoms with Crippen LogP contribution in [-0.4, -0.2) is 74.7 Å². The minimum Gasteiger partial charge on any atom is -0.357 e. The molecular weight excluding hydrogens is 717 g/mol. The van der Waals surface area contributed by atoms with Crippen molar-refractivity contribution in [3.8, 4) is 11.5 Å². The van der Waals surface area contributed by atoms with Crippen LogP contribution in [0, 0.1) is 5.41 Å². The van der Waals surface area contributed by atoms with Gasteiger partial charge in [0.05, 0.1) is 24.3 Å². The monoisotopic (exact) mass is 795 g/mol. The Kier molecular flexibility index (Phi) is 21.2. The van der Waals surface area contributed by atoms with Crippen LogP contribution in [0.5, 0.6) is 0 Å². The predicted octanol–water partition coefficient (Wildman–Crippen LogP) is 8.59. The molecule has 1 atom stereocenters. The molecule has 0 saturated heterocycles. The number of rotatable bonds is 20. The van der Waals surface area contributed by atoms with Gasteiger partial charge >= 0.3 is 0 Å². The molecule has 0 aromatic carbocycles. The number of allylic oxidation sites excluding steroid dienone is 1. The van der Waals surface area contributed by atoms with E-state index in [2.05, 4.69) is 74.3 Å². The Morgan fingerprint density at radius 3 is 2.30 bits per heavy atom. The summed E-state index contributed by atoms with van der Waals surface area (Å²) in [4.78, 5) is 52.1. The van der Waals surface area contributed by atoms with Crippen molar-refractivity contribution in [2.45, 2.75) is 152 Å². The maximum atomic E-state index is 13.8. The summed E-state index contributed by atoms with van der Waals surface area (Å²) in [6.07, 6.45) is 11.4. The van der Waals surface area contributed by atoms with Crippen LogP contribution in [0.4, 0.5) is 11.6 Å². The molecule has 57 heavy (non-hydrogen) atoms. The third-order valence-corrected chi connectivity index (χ3v) is 9.98. The van der Waals surface area contributed by atoms with Crippen molar-refractivity contribution in [2.24, 2.45) is 5.41 Å². The Morgan fingerprint density at radius 1 is 1.02 bits per heavy atom. The Labute approximate surface area is 347 Å². The highest BCUT2D eigenvalue weighted by Gasteiger charge is 2.33. The van der Waals surface area contributed by atoms with Crippen LogP contribution in [0.25, 0.3) is 11.5 Å². The normalized spacial score (nSPS) is 12.6. The molecule has 3 N–H and O–H groups in total. The molecule has 3 amide bonds. The molecule has 1 aliphatic rings. The Bertz CT molecular complexity index is 1710. The standard InChI is InChI=1S/C39H60N10O3.C3H6.C2H6.3H2/c1-9-48-26-42-46-37(48)31-18-17-19-33(44-31)49-25-30-29(38(49)52)22-34(47(8)27(2)3)45-32(30)23-40-24-36(51)41-21-16-14-12-10-11-13-15-20-35(50)43-28(4)39(5,6)7;1-3-2;1-2;;;/h17-19,22,26-28,40H,9-16,20-21,23-25H2,1-8H3,(H,41,51)(H,43,50);3H,1H2,2H3;1-2H3;3*1H/t28-;;;;;/m1...../s1. The predicted molar refractivity (Wildman–Crippen MR) is 239 cm³/mol. The van der Waals surface area contributed by atoms with E-state index in [0.717, 1.165) is 56.2 Å². The second kappa shape index (κ2) is 24.9. The maximum Gasteiger partial charge on any atom is 0.260 e. The first-order chi connectivity index (χ1) is 27.2. The van der Waals surface area contributed by atoms with E-state index < -0.39 is 0 Å². The molecule has 0 bridgehead atoms. The van der Waals surface area contributed by atoms with E-state index >= 15 is 0 Å². The molecule has 322 valence electrons. The van der Waals surface area contributed by atoms with Crippen molar-refractivity contribution in [1.82, 2.24) is 40.7 Å². The number of amides is 3. The summed E-state index contributed by atoms with van der Waals surface area (Å²) < 4.78 is 1.91. The first kappa shape index (κ1) is 48.5. The SMILES string of the molecule is C=CC.CC.CCn1cnnc1-c1cccc(N2Cc3c(cc(N(C)C(C)C)nc3CNCC(=O)NCCCCCCCCCC(=O)N[C@H](C)C(C)(C)C)C2=O)n1.[HH].[HH].[HH]. The summed E-state index contributed by atoms with van der Waals surface area (Å²) in [7, 11) is 1.96. The van der Waals surface area contributed by atoms with Gasteiger partial charge in [0.25, 0.3) is 5.91 Å². The molecule has 4 rings (SSSR count). The highest BCUT2D eigenvalue weighted by molar-refractivity contribution is 6.10. The van der Waals surface area contributed by atoms with Crippen LogP contribution >= 0.6 is 0 Å². The van der Waals surface area contributed by atoms with Crippen molar-refractivity contribution in [1.29, 1.82) is 0 Å². The number of aromatic nitrogens is 5. The number of aryl methyl sites for hydroxylation is 1. The van der Waals surface area contributed by atoms with Gasteiger partial charge in [0.15, 0.2) is 5.82 Å². The number of hydrogen-bond donors (Lipinski definition) is 3. The average molecular weight is 795 g/mol. The summed E-state index contributed by atoms with van der Waals surface area (Å²) in [5.41, 5.74) is 2.89. The van der Waals surface area contributed by atoms with Crippen molar-refractivity contribution in [3.05, 3.63) is 60.1 Å². The Hall–Kier alpha value is -4.65. The Morgan fingerprint density at radius 2 is 1.67 bits per heavy atom. The van der Waals surface area contributed by atoms with Crippen LogP contribution in [0.15, 0.2) is 43.2 Å². The fraction of sp³-hybridized carbons (Fsp3) is 0.614. The van der Waals surface area contributed by atoms with E-state index in [1.165, 1.54) is 0 Å². The van der Waals surface area contributed by atoms with Crippen molar-refractivity contribution in [3.63, 3.8) is 0 Å². The topological polar surface area (TPSA) is 150 Å². The highest BCUT2D eigenvalue weighted by Crippen LogP contribution is 2.32. The quantitative estimate of drug-likeness (QED) is 0.0755. The van der Waals surface area contributed by atoms with Gasteiger partial charge in [-0.05, 0) is 71.1 Å². The maximum absolute atomic E-state index is 13.8. The second-order valence-electron chi connectivity index (χ2n) is 15.6. The van der Waals surface area contributed by atoms with Gasteiger partial charge < -0.3 is 25.4 Å². The second-order valence-corrected chi connectivity index (χ2v) is 15.6. The molecule has 4 heterocycles. The van der Waals surface area contributed by atoms with E-state index in [9.17, 15) is 14.4 Å². The van der Waals surface area contributed by atoms with Gasteiger partial charge in [0.1, 0.15) is 23.7 Å². The third kappa shape index (κ3) is 15.3. The number of nitrogens with one attached hydrogen (secondary N) is 3. The van der Waals surface area contributed by atoms with Crippen LogP contribution < -0.4 is 25.8 Å². The van der Waals surface area contributed by atoms with Gasteiger partial charge in [-0.3, -0.25) is 19.3 Å². The fourth-order valence-electron chi connectivity index (χ4n) is 5.92. The van der Waals surface area contributed by atoms with Gasteiger partial charge in [-0.1, -0.05) is 78.9 Å². The lowest BCUT2D eigenvalue weighted by Crippen LogP contribution is -2.41. The van der Waals surface area contributed by atoms with E-state index in [1.807, 2.05) is 68.5 Å². The lowest BCUT2D eigenvalue weighted by Gasteiger charge is -2.28. The van der Waals surface area contributed by atoms with Crippen LogP contribution in [-0.2, 0) is 29.2 Å². The van der Waals surface area contributed by atoms with Crippen LogP contribution in [0.1, 0.15) is 146 Å². The summed E-state index contributed by atoms with van der Waals surface area (Å²) in [6.45, 7) is 26.1. The summed E-state index contributed by atoms with van der Waals surface area (Å²) in [5, 5.41) is 17.6. The third-order valence-electron chi connectivity index (χ3n) is 9.98. The first-order valence-corrected chi connectivity index (χ1v) is 21.0. The number of carbonyl (C=O) groups excluding carboxylic acids is 3. The molecule has 0 saturated carbocycles. The van der Waals surface area contributed by atoms with Crippen molar-refractivity contribution < 1.29 is 18.7 Å². The minimum atomic E-state index is -0.134. The van der Waals surface area contributed by atoms with Gasteiger partial charge in [-0.25, -0.2) is 9.97 Å². The lowest BCUT2D eigenvalue weighted by atomic mass is 9.88. The van der Waals surface area contributed by atoms with Gasteiger partial charge in [0.2, 0.25) is 11.8 Å². The van der Waals surface area contributed by atoms with E-state index in [-0.39, 0.29) is 46.0 Å². The highest BCUT2D eigenvalue weighted by atomic mass is 16.2. The van der Waals surface area contributed by atoms with Gasteiger partial charge in [0, 0.05) is 55.0 Å². The fourth-order valence-corrected chi connectivity index (χ4v) is 5.92. The number of nitrogens with zero attached hydrogens (tertiary/aromatic N) is 7. The zero-order valence-corrected chi connectivity index (χ0v) is 36.9. The number of unbranched alkanes of at least 4 members (excludes halogenated alkanes) is 6. The molecule has 0 radical (unpaired) electrons. The van der Waals surface area contributed by atoms with Gasteiger partial charge in [-0.2, -0.15) is 0 Å². The molecule has 0 unspecified atom stereocenters. The molecule has 0 aliphatic carbocycles. The molecule has 1 aliphatic heterocycles. The van der Waals surface area contributed by atoms with Crippen molar-refractivity contribution in [2.75, 3.05) is 29.9 Å². The first-order valence-electron chi connectivity index (χ1n) is 21.0. The molecular formula is C44H78N10O3. The van der Waals surface area contributed by atoms with Gasteiger partial charge in [-0.15, -0.1) is 16.8 Å². The lowest BCUT2D eigenvalue weighted by molar-refractivity contribution is -0.122. The molecule has 3 aromatic rings. The number of anilines is 2.